The monoisotopic (exact) mass is 390 g/mol. The maximum absolute atomic E-state index is 12.4. The number of fused-ring (bicyclic) bond motifs is 1. The minimum atomic E-state index is -3.68. The topological polar surface area (TPSA) is 79.0 Å². The fourth-order valence-corrected chi connectivity index (χ4v) is 4.00. The molecule has 0 amide bonds. The average molecular weight is 391 g/mol. The van der Waals surface area contributed by atoms with Crippen LogP contribution in [0.25, 0.3) is 10.9 Å². The number of H-pyrrole nitrogens is 1. The molecule has 2 aromatic carbocycles. The van der Waals surface area contributed by atoms with E-state index in [0.29, 0.717) is 10.6 Å². The molecule has 0 radical (unpaired) electrons. The molecule has 0 bridgehead atoms. The Balaban J connectivity index is 1.76. The smallest absolute Gasteiger partial charge is 0.251 e. The van der Waals surface area contributed by atoms with Gasteiger partial charge < -0.3 is 4.98 Å². The Kier molecular flexibility index (Phi) is 5.18. The lowest BCUT2D eigenvalue weighted by molar-refractivity contribution is 0.581. The average Bonchev–Trinajstić information content (AvgIpc) is 2.58. The number of aromatic amines is 1. The third kappa shape index (κ3) is 3.98. The van der Waals surface area contributed by atoms with Crippen molar-refractivity contribution in [2.45, 2.75) is 25.2 Å². The molecule has 0 aliphatic carbocycles. The molecule has 1 aromatic heterocycles. The van der Waals surface area contributed by atoms with E-state index < -0.39 is 10.0 Å². The highest BCUT2D eigenvalue weighted by Gasteiger charge is 2.15. The number of pyridine rings is 1. The zero-order valence-electron chi connectivity index (χ0n) is 14.5. The van der Waals surface area contributed by atoms with Gasteiger partial charge >= 0.3 is 0 Å². The molecule has 1 heterocycles. The highest BCUT2D eigenvalue weighted by molar-refractivity contribution is 7.89. The van der Waals surface area contributed by atoms with E-state index >= 15 is 0 Å². The van der Waals surface area contributed by atoms with Gasteiger partial charge in [-0.05, 0) is 61.5 Å². The maximum atomic E-state index is 12.4. The predicted molar refractivity (Wildman–Crippen MR) is 104 cm³/mol. The van der Waals surface area contributed by atoms with Crippen LogP contribution < -0.4 is 10.3 Å². The third-order valence-electron chi connectivity index (χ3n) is 4.22. The molecular weight excluding hydrogens is 372 g/mol. The third-order valence-corrected chi connectivity index (χ3v) is 6.08. The second-order valence-corrected chi connectivity index (χ2v) is 8.45. The van der Waals surface area contributed by atoms with Gasteiger partial charge in [-0.2, -0.15) is 0 Å². The van der Waals surface area contributed by atoms with Crippen LogP contribution in [0, 0.1) is 13.8 Å². The molecule has 2 N–H and O–H groups in total. The number of rotatable bonds is 5. The van der Waals surface area contributed by atoms with E-state index in [4.69, 9.17) is 11.6 Å². The number of halogens is 1. The summed E-state index contributed by atoms with van der Waals surface area (Å²) in [6.45, 7) is 3.90. The first-order chi connectivity index (χ1) is 12.3. The molecule has 0 atom stereocenters. The molecule has 0 saturated heterocycles. The van der Waals surface area contributed by atoms with Crippen LogP contribution in [0.3, 0.4) is 0 Å². The maximum Gasteiger partial charge on any atom is 0.251 e. The van der Waals surface area contributed by atoms with E-state index in [1.807, 2.05) is 25.1 Å². The number of sulfonamides is 1. The summed E-state index contributed by atoms with van der Waals surface area (Å²) < 4.78 is 27.3. The van der Waals surface area contributed by atoms with Crippen LogP contribution in [0.2, 0.25) is 5.02 Å². The largest absolute Gasteiger partial charge is 0.322 e. The molecule has 136 valence electrons. The number of aromatic nitrogens is 1. The van der Waals surface area contributed by atoms with E-state index in [1.54, 1.807) is 19.1 Å². The van der Waals surface area contributed by atoms with Gasteiger partial charge in [0.2, 0.25) is 10.0 Å². The summed E-state index contributed by atoms with van der Waals surface area (Å²) in [7, 11) is -3.68. The number of hydrogen-bond donors (Lipinski definition) is 2. The van der Waals surface area contributed by atoms with Crippen LogP contribution in [0.1, 0.15) is 16.7 Å². The first-order valence-electron chi connectivity index (χ1n) is 8.15. The van der Waals surface area contributed by atoms with Gasteiger partial charge in [0.25, 0.3) is 5.56 Å². The second-order valence-electron chi connectivity index (χ2n) is 6.27. The van der Waals surface area contributed by atoms with Gasteiger partial charge in [-0.25, -0.2) is 13.1 Å². The SMILES string of the molecule is Cc1ccc2[nH]c(=O)c(CCNS(=O)(=O)c3ccc(C)c(Cl)c3)cc2c1. The molecule has 0 fully saturated rings. The van der Waals surface area contributed by atoms with Crippen molar-refractivity contribution in [3.05, 3.63) is 74.5 Å². The molecule has 0 spiro atoms. The van der Waals surface area contributed by atoms with Crippen LogP contribution in [0.4, 0.5) is 0 Å². The summed E-state index contributed by atoms with van der Waals surface area (Å²) in [5.74, 6) is 0. The Morgan fingerprint density at radius 2 is 1.85 bits per heavy atom. The van der Waals surface area contributed by atoms with E-state index in [1.165, 1.54) is 12.1 Å². The van der Waals surface area contributed by atoms with E-state index in [9.17, 15) is 13.2 Å². The van der Waals surface area contributed by atoms with Crippen LogP contribution in [-0.2, 0) is 16.4 Å². The van der Waals surface area contributed by atoms with Crippen molar-refractivity contribution in [3.8, 4) is 0 Å². The minimum absolute atomic E-state index is 0.108. The summed E-state index contributed by atoms with van der Waals surface area (Å²) in [6.07, 6.45) is 0.290. The van der Waals surface area contributed by atoms with Crippen molar-refractivity contribution >= 4 is 32.5 Å². The molecule has 26 heavy (non-hydrogen) atoms. The van der Waals surface area contributed by atoms with Crippen molar-refractivity contribution < 1.29 is 8.42 Å². The van der Waals surface area contributed by atoms with Crippen LogP contribution >= 0.6 is 11.6 Å². The van der Waals surface area contributed by atoms with Gasteiger partial charge in [-0.15, -0.1) is 0 Å². The standard InChI is InChI=1S/C19H19ClN2O3S/c1-12-3-6-18-15(9-12)10-14(19(23)22-18)7-8-21-26(24,25)16-5-4-13(2)17(20)11-16/h3-6,9-11,21H,7-8H2,1-2H3,(H,22,23). The lowest BCUT2D eigenvalue weighted by Gasteiger charge is -2.08. The quantitative estimate of drug-likeness (QED) is 0.701. The second kappa shape index (κ2) is 7.23. The zero-order chi connectivity index (χ0) is 18.9. The lowest BCUT2D eigenvalue weighted by atomic mass is 10.1. The van der Waals surface area contributed by atoms with E-state index in [-0.39, 0.29) is 23.4 Å². The molecule has 0 aliphatic heterocycles. The number of benzene rings is 2. The minimum Gasteiger partial charge on any atom is -0.322 e. The fraction of sp³-hybridized carbons (Fsp3) is 0.211. The molecule has 3 rings (SSSR count). The van der Waals surface area contributed by atoms with Crippen molar-refractivity contribution in [1.82, 2.24) is 9.71 Å². The van der Waals surface area contributed by atoms with Crippen molar-refractivity contribution in [2.24, 2.45) is 0 Å². The highest BCUT2D eigenvalue weighted by atomic mass is 35.5. The summed E-state index contributed by atoms with van der Waals surface area (Å²) >= 11 is 6.00. The van der Waals surface area contributed by atoms with Crippen LogP contribution in [0.5, 0.6) is 0 Å². The van der Waals surface area contributed by atoms with Gasteiger partial charge in [0.05, 0.1) is 4.90 Å². The summed E-state index contributed by atoms with van der Waals surface area (Å²) in [4.78, 5) is 15.1. The fourth-order valence-electron chi connectivity index (χ4n) is 2.70. The molecule has 0 unspecified atom stereocenters. The number of nitrogens with one attached hydrogen (secondary N) is 2. The van der Waals surface area contributed by atoms with Gasteiger partial charge in [0.1, 0.15) is 0 Å². The van der Waals surface area contributed by atoms with Crippen molar-refractivity contribution in [3.63, 3.8) is 0 Å². The number of aryl methyl sites for hydroxylation is 2. The Morgan fingerprint density at radius 1 is 1.08 bits per heavy atom. The van der Waals surface area contributed by atoms with Crippen LogP contribution in [0.15, 0.2) is 52.2 Å². The molecular formula is C19H19ClN2O3S. The Bertz CT molecular complexity index is 1140. The van der Waals surface area contributed by atoms with Gasteiger partial charge in [0, 0.05) is 22.6 Å². The summed E-state index contributed by atoms with van der Waals surface area (Å²) in [6, 6.07) is 12.2. The Labute approximate surface area is 157 Å². The molecule has 3 aromatic rings. The van der Waals surface area contributed by atoms with E-state index in [2.05, 4.69) is 9.71 Å². The first kappa shape index (κ1) is 18.6. The predicted octanol–water partition coefficient (Wildman–Crippen LogP) is 3.32. The molecule has 0 saturated carbocycles. The van der Waals surface area contributed by atoms with Crippen molar-refractivity contribution in [2.75, 3.05) is 6.54 Å². The zero-order valence-corrected chi connectivity index (χ0v) is 16.0. The normalized spacial score (nSPS) is 11.8. The first-order valence-corrected chi connectivity index (χ1v) is 10.0. The van der Waals surface area contributed by atoms with Crippen LogP contribution in [-0.4, -0.2) is 19.9 Å². The van der Waals surface area contributed by atoms with E-state index in [0.717, 1.165) is 22.0 Å². The molecule has 7 heteroatoms. The van der Waals surface area contributed by atoms with Gasteiger partial charge in [-0.1, -0.05) is 29.3 Å². The highest BCUT2D eigenvalue weighted by Crippen LogP contribution is 2.20. The Morgan fingerprint density at radius 3 is 2.58 bits per heavy atom. The molecule has 0 aliphatic rings. The summed E-state index contributed by atoms with van der Waals surface area (Å²) in [5, 5.41) is 1.32. The summed E-state index contributed by atoms with van der Waals surface area (Å²) in [5.41, 5.74) is 2.99. The molecule has 5 nitrogen and oxygen atoms in total. The van der Waals surface area contributed by atoms with Gasteiger partial charge in [-0.3, -0.25) is 4.79 Å². The number of hydrogen-bond acceptors (Lipinski definition) is 3. The Hall–Kier alpha value is -2.15. The van der Waals surface area contributed by atoms with Crippen molar-refractivity contribution in [1.29, 1.82) is 0 Å². The van der Waals surface area contributed by atoms with Gasteiger partial charge in [0.15, 0.2) is 0 Å². The lowest BCUT2D eigenvalue weighted by Crippen LogP contribution is -2.27.